The minimum atomic E-state index is -0.329. The van der Waals surface area contributed by atoms with Crippen molar-refractivity contribution >= 4 is 11.6 Å². The van der Waals surface area contributed by atoms with E-state index in [2.05, 4.69) is 4.98 Å². The van der Waals surface area contributed by atoms with Crippen molar-refractivity contribution < 1.29 is 9.53 Å². The van der Waals surface area contributed by atoms with E-state index in [9.17, 15) is 9.59 Å². The largest absolute Gasteiger partial charge is 0.375 e. The molecule has 0 saturated carbocycles. The van der Waals surface area contributed by atoms with Crippen molar-refractivity contribution in [2.45, 2.75) is 19.4 Å². The van der Waals surface area contributed by atoms with Gasteiger partial charge in [-0.25, -0.2) is 4.98 Å². The highest BCUT2D eigenvalue weighted by Gasteiger charge is 2.26. The molecule has 0 unspecified atom stereocenters. The third-order valence-electron chi connectivity index (χ3n) is 3.73. The van der Waals surface area contributed by atoms with Gasteiger partial charge < -0.3 is 9.64 Å². The maximum absolute atomic E-state index is 12.5. The number of pyridine rings is 1. The van der Waals surface area contributed by atoms with Gasteiger partial charge in [0.25, 0.3) is 11.5 Å². The zero-order chi connectivity index (χ0) is 14.8. The average Bonchev–Trinajstić information content (AvgIpc) is 2.55. The van der Waals surface area contributed by atoms with Crippen LogP contribution in [0.25, 0.3) is 5.65 Å². The fraction of sp³-hybridized carbons (Fsp3) is 0.400. The Morgan fingerprint density at radius 2 is 2.33 bits per heavy atom. The lowest BCUT2D eigenvalue weighted by molar-refractivity contribution is -0.0227. The summed E-state index contributed by atoms with van der Waals surface area (Å²) in [4.78, 5) is 30.8. The van der Waals surface area contributed by atoms with E-state index in [1.165, 1.54) is 10.6 Å². The van der Waals surface area contributed by atoms with Gasteiger partial charge in [0.15, 0.2) is 0 Å². The maximum atomic E-state index is 12.5. The van der Waals surface area contributed by atoms with E-state index >= 15 is 0 Å². The molecule has 1 amide bonds. The number of rotatable bonds is 2. The second kappa shape index (κ2) is 5.65. The Bertz CT molecular complexity index is 725. The van der Waals surface area contributed by atoms with Crippen molar-refractivity contribution in [3.05, 3.63) is 46.5 Å². The molecule has 0 bridgehead atoms. The highest BCUT2D eigenvalue weighted by atomic mass is 16.5. The zero-order valence-corrected chi connectivity index (χ0v) is 11.9. The molecule has 0 aliphatic carbocycles. The van der Waals surface area contributed by atoms with Gasteiger partial charge in [-0.3, -0.25) is 14.0 Å². The summed E-state index contributed by atoms with van der Waals surface area (Å²) in [6.07, 6.45) is 3.88. The van der Waals surface area contributed by atoms with Crippen LogP contribution in [0.5, 0.6) is 0 Å². The van der Waals surface area contributed by atoms with E-state index in [0.717, 1.165) is 6.42 Å². The van der Waals surface area contributed by atoms with E-state index < -0.39 is 0 Å². The Balaban J connectivity index is 1.94. The fourth-order valence-corrected chi connectivity index (χ4v) is 2.49. The van der Waals surface area contributed by atoms with Gasteiger partial charge in [0.05, 0.1) is 12.7 Å². The van der Waals surface area contributed by atoms with Crippen molar-refractivity contribution in [2.24, 2.45) is 0 Å². The SMILES string of the molecule is CC[C@@H]1CN(C(=O)c2cnc3ccccn3c2=O)CCO1. The van der Waals surface area contributed by atoms with Crippen LogP contribution >= 0.6 is 0 Å². The Kier molecular flexibility index (Phi) is 3.70. The molecule has 0 spiro atoms. The van der Waals surface area contributed by atoms with E-state index in [4.69, 9.17) is 4.74 Å². The van der Waals surface area contributed by atoms with Gasteiger partial charge in [0, 0.05) is 25.5 Å². The van der Waals surface area contributed by atoms with Crippen molar-refractivity contribution in [2.75, 3.05) is 19.7 Å². The molecule has 3 rings (SSSR count). The molecule has 110 valence electrons. The molecule has 1 saturated heterocycles. The first-order valence-electron chi connectivity index (χ1n) is 7.08. The molecule has 2 aromatic rings. The number of hydrogen-bond acceptors (Lipinski definition) is 4. The number of morpholine rings is 1. The van der Waals surface area contributed by atoms with Gasteiger partial charge in [-0.2, -0.15) is 0 Å². The summed E-state index contributed by atoms with van der Waals surface area (Å²) in [5, 5.41) is 0. The molecule has 6 nitrogen and oxygen atoms in total. The molecule has 3 heterocycles. The van der Waals surface area contributed by atoms with Crippen molar-refractivity contribution in [3.8, 4) is 0 Å². The maximum Gasteiger partial charge on any atom is 0.270 e. The van der Waals surface area contributed by atoms with Crippen LogP contribution in [-0.2, 0) is 4.74 Å². The molecule has 21 heavy (non-hydrogen) atoms. The number of amides is 1. The van der Waals surface area contributed by atoms with Gasteiger partial charge in [-0.15, -0.1) is 0 Å². The summed E-state index contributed by atoms with van der Waals surface area (Å²) in [6, 6.07) is 5.28. The van der Waals surface area contributed by atoms with Crippen molar-refractivity contribution in [1.29, 1.82) is 0 Å². The average molecular weight is 287 g/mol. The van der Waals surface area contributed by atoms with Crippen LogP contribution in [0.15, 0.2) is 35.4 Å². The first kappa shape index (κ1) is 13.8. The third kappa shape index (κ3) is 2.54. The zero-order valence-electron chi connectivity index (χ0n) is 11.9. The molecule has 6 heteroatoms. The van der Waals surface area contributed by atoms with Gasteiger partial charge in [0.1, 0.15) is 11.2 Å². The van der Waals surface area contributed by atoms with Crippen LogP contribution in [0.1, 0.15) is 23.7 Å². The van der Waals surface area contributed by atoms with Crippen molar-refractivity contribution in [3.63, 3.8) is 0 Å². The highest BCUT2D eigenvalue weighted by molar-refractivity contribution is 5.93. The number of ether oxygens (including phenoxy) is 1. The van der Waals surface area contributed by atoms with E-state index in [1.54, 1.807) is 29.3 Å². The minimum Gasteiger partial charge on any atom is -0.375 e. The van der Waals surface area contributed by atoms with Gasteiger partial charge in [-0.1, -0.05) is 13.0 Å². The molecule has 1 atom stereocenters. The normalized spacial score (nSPS) is 18.9. The summed E-state index contributed by atoms with van der Waals surface area (Å²) in [5.74, 6) is -0.271. The van der Waals surface area contributed by atoms with Crippen LogP contribution in [0.2, 0.25) is 0 Å². The first-order valence-corrected chi connectivity index (χ1v) is 7.08. The quantitative estimate of drug-likeness (QED) is 0.825. The summed E-state index contributed by atoms with van der Waals surface area (Å²) in [5.41, 5.74) is 0.313. The molecule has 0 radical (unpaired) electrons. The van der Waals surface area contributed by atoms with Crippen LogP contribution in [0.4, 0.5) is 0 Å². The topological polar surface area (TPSA) is 63.9 Å². The van der Waals surface area contributed by atoms with Crippen molar-refractivity contribution in [1.82, 2.24) is 14.3 Å². The standard InChI is InChI=1S/C15H17N3O3/c1-2-11-10-17(7-8-21-11)14(19)12-9-16-13-5-3-4-6-18(13)15(12)20/h3-6,9,11H,2,7-8,10H2,1H3/t11-/m1/s1. The predicted molar refractivity (Wildman–Crippen MR) is 77.4 cm³/mol. The molecule has 2 aromatic heterocycles. The number of aromatic nitrogens is 2. The summed E-state index contributed by atoms with van der Waals surface area (Å²) in [6.45, 7) is 3.55. The molecule has 1 fully saturated rings. The van der Waals surface area contributed by atoms with Crippen LogP contribution in [0.3, 0.4) is 0 Å². The van der Waals surface area contributed by atoms with Crippen LogP contribution in [-0.4, -0.2) is 46.0 Å². The Hall–Kier alpha value is -2.21. The Labute approximate surface area is 122 Å². The third-order valence-corrected chi connectivity index (χ3v) is 3.73. The second-order valence-corrected chi connectivity index (χ2v) is 5.06. The van der Waals surface area contributed by atoms with Gasteiger partial charge in [0.2, 0.25) is 0 Å². The lowest BCUT2D eigenvalue weighted by atomic mass is 10.2. The van der Waals surface area contributed by atoms with Gasteiger partial charge in [-0.05, 0) is 18.6 Å². The number of carbonyl (C=O) groups is 1. The summed E-state index contributed by atoms with van der Waals surface area (Å²) >= 11 is 0. The fourth-order valence-electron chi connectivity index (χ4n) is 2.49. The van der Waals surface area contributed by atoms with E-state index in [0.29, 0.717) is 25.3 Å². The molecule has 1 aliphatic rings. The predicted octanol–water partition coefficient (Wildman–Crippen LogP) is 0.946. The highest BCUT2D eigenvalue weighted by Crippen LogP contribution is 2.11. The number of hydrogen-bond donors (Lipinski definition) is 0. The minimum absolute atomic E-state index is 0.0406. The molecule has 0 aromatic carbocycles. The number of fused-ring (bicyclic) bond motifs is 1. The Morgan fingerprint density at radius 3 is 3.14 bits per heavy atom. The summed E-state index contributed by atoms with van der Waals surface area (Å²) in [7, 11) is 0. The lowest BCUT2D eigenvalue weighted by Gasteiger charge is -2.32. The summed E-state index contributed by atoms with van der Waals surface area (Å²) < 4.78 is 6.94. The second-order valence-electron chi connectivity index (χ2n) is 5.06. The van der Waals surface area contributed by atoms with E-state index in [-0.39, 0.29) is 23.1 Å². The monoisotopic (exact) mass is 287 g/mol. The molecule has 1 aliphatic heterocycles. The Morgan fingerprint density at radius 1 is 1.48 bits per heavy atom. The van der Waals surface area contributed by atoms with E-state index in [1.807, 2.05) is 6.92 Å². The first-order chi connectivity index (χ1) is 10.2. The van der Waals surface area contributed by atoms with Gasteiger partial charge >= 0.3 is 0 Å². The molecular formula is C15H17N3O3. The smallest absolute Gasteiger partial charge is 0.270 e. The molecule has 0 N–H and O–H groups in total. The van der Waals surface area contributed by atoms with Crippen LogP contribution < -0.4 is 5.56 Å². The lowest BCUT2D eigenvalue weighted by Crippen LogP contribution is -2.46. The number of nitrogens with zero attached hydrogens (tertiary/aromatic N) is 3. The molecular weight excluding hydrogens is 270 g/mol. The number of carbonyl (C=O) groups excluding carboxylic acids is 1. The van der Waals surface area contributed by atoms with Crippen LogP contribution in [0, 0.1) is 0 Å².